The Labute approximate surface area is 73.2 Å². The van der Waals surface area contributed by atoms with Gasteiger partial charge in [0.15, 0.2) is 0 Å². The zero-order valence-corrected chi connectivity index (χ0v) is 7.59. The lowest BCUT2D eigenvalue weighted by Crippen LogP contribution is -1.73. The summed E-state index contributed by atoms with van der Waals surface area (Å²) in [6.07, 6.45) is 0. The van der Waals surface area contributed by atoms with Crippen molar-refractivity contribution < 1.29 is 4.18 Å². The van der Waals surface area contributed by atoms with E-state index in [4.69, 9.17) is 0 Å². The molecule has 0 aliphatic carbocycles. The molecule has 0 N–H and O–H groups in total. The van der Waals surface area contributed by atoms with Crippen LogP contribution in [-0.2, 0) is 0 Å². The second-order valence-corrected chi connectivity index (χ2v) is 2.97. The minimum atomic E-state index is 0.777. The molecule has 0 fully saturated rings. The Kier molecular flexibility index (Phi) is 2.65. The molecule has 0 spiro atoms. The van der Waals surface area contributed by atoms with Crippen LogP contribution < -0.4 is 4.18 Å². The van der Waals surface area contributed by atoms with Gasteiger partial charge < -0.3 is 4.18 Å². The van der Waals surface area contributed by atoms with E-state index in [9.17, 15) is 0 Å². The van der Waals surface area contributed by atoms with Crippen molar-refractivity contribution in [3.8, 4) is 5.75 Å². The molecule has 0 aliphatic heterocycles. The fourth-order valence-electron chi connectivity index (χ4n) is 0.495. The minimum Gasteiger partial charge on any atom is -0.429 e. The van der Waals surface area contributed by atoms with Crippen molar-refractivity contribution in [3.05, 3.63) is 27.8 Å². The lowest BCUT2D eigenvalue weighted by molar-refractivity contribution is 0.659. The van der Waals surface area contributed by atoms with E-state index in [2.05, 4.69) is 39.7 Å². The van der Waals surface area contributed by atoms with Gasteiger partial charge in [-0.25, -0.2) is 0 Å². The van der Waals surface area contributed by atoms with E-state index in [-0.39, 0.29) is 0 Å². The number of halogens is 1. The molecule has 1 nitrogen and oxygen atoms in total. The zero-order valence-electron chi connectivity index (χ0n) is 4.54. The predicted molar refractivity (Wildman–Crippen MR) is 48.8 cm³/mol. The third-order valence-corrected chi connectivity index (χ3v) is 1.85. The highest BCUT2D eigenvalue weighted by Crippen LogP contribution is 2.13. The first kappa shape index (κ1) is 7.21. The van der Waals surface area contributed by atoms with Crippen LogP contribution in [0.4, 0.5) is 0 Å². The lowest BCUT2D eigenvalue weighted by Gasteiger charge is -1.94. The van der Waals surface area contributed by atoms with Crippen molar-refractivity contribution in [1.82, 2.24) is 0 Å². The Balaban J connectivity index is 2.88. The van der Waals surface area contributed by atoms with Crippen molar-refractivity contribution in [2.24, 2.45) is 0 Å². The molecule has 0 saturated carbocycles. The number of hydrogen-bond acceptors (Lipinski definition) is 2. The molecule has 0 radical (unpaired) electrons. The Bertz CT molecular complexity index is 185. The van der Waals surface area contributed by atoms with Crippen molar-refractivity contribution >= 4 is 35.5 Å². The first-order valence-electron chi connectivity index (χ1n) is 2.40. The summed E-state index contributed by atoms with van der Waals surface area (Å²) in [7, 11) is 0. The van der Waals surface area contributed by atoms with Crippen LogP contribution in [0.2, 0.25) is 0 Å². The maximum absolute atomic E-state index is 4.66. The van der Waals surface area contributed by atoms with Gasteiger partial charge in [0.05, 0.1) is 0 Å². The fourth-order valence-corrected chi connectivity index (χ4v) is 0.977. The first-order valence-corrected chi connectivity index (χ1v) is 3.84. The van der Waals surface area contributed by atoms with Gasteiger partial charge in [-0.3, -0.25) is 0 Å². The Morgan fingerprint density at radius 3 is 2.22 bits per heavy atom. The van der Waals surface area contributed by atoms with Crippen LogP contribution >= 0.6 is 35.5 Å². The highest BCUT2D eigenvalue weighted by atomic mass is 127. The van der Waals surface area contributed by atoms with Gasteiger partial charge in [-0.1, -0.05) is 0 Å². The summed E-state index contributed by atoms with van der Waals surface area (Å²) >= 11 is 5.87. The van der Waals surface area contributed by atoms with Crippen molar-refractivity contribution in [1.29, 1.82) is 0 Å². The van der Waals surface area contributed by atoms with E-state index < -0.39 is 0 Å². The molecule has 1 aromatic carbocycles. The molecule has 0 atom stereocenters. The maximum atomic E-state index is 4.66. The molecule has 0 unspecified atom stereocenters. The van der Waals surface area contributed by atoms with Crippen LogP contribution in [0, 0.1) is 3.57 Å². The maximum Gasteiger partial charge on any atom is 0.137 e. The van der Waals surface area contributed by atoms with Crippen molar-refractivity contribution in [2.45, 2.75) is 0 Å². The average Bonchev–Trinajstić information content (AvgIpc) is 1.90. The smallest absolute Gasteiger partial charge is 0.137 e. The largest absolute Gasteiger partial charge is 0.429 e. The summed E-state index contributed by atoms with van der Waals surface area (Å²) in [5, 5.41) is 0. The summed E-state index contributed by atoms with van der Waals surface area (Å²) in [5.41, 5.74) is 0. The third kappa shape index (κ3) is 2.06. The van der Waals surface area contributed by atoms with Crippen LogP contribution in [0.5, 0.6) is 5.75 Å². The molecule has 3 heteroatoms. The van der Waals surface area contributed by atoms with Gasteiger partial charge in [0, 0.05) is 16.5 Å². The van der Waals surface area contributed by atoms with Crippen LogP contribution in [-0.4, -0.2) is 0 Å². The molecule has 9 heavy (non-hydrogen) atoms. The van der Waals surface area contributed by atoms with E-state index in [0.29, 0.717) is 0 Å². The highest BCUT2D eigenvalue weighted by molar-refractivity contribution is 14.1. The lowest BCUT2D eigenvalue weighted by atomic mass is 10.3. The summed E-state index contributed by atoms with van der Waals surface area (Å²) in [4.78, 5) is 0. The predicted octanol–water partition coefficient (Wildman–Crippen LogP) is 2.51. The summed E-state index contributed by atoms with van der Waals surface area (Å²) in [6.45, 7) is 0. The van der Waals surface area contributed by atoms with Gasteiger partial charge in [-0.15, -0.1) is 0 Å². The summed E-state index contributed by atoms with van der Waals surface area (Å²) in [6, 6.07) is 7.67. The van der Waals surface area contributed by atoms with Crippen LogP contribution in [0.25, 0.3) is 0 Å². The third-order valence-electron chi connectivity index (χ3n) is 0.919. The number of thiol groups is 1. The van der Waals surface area contributed by atoms with E-state index in [1.54, 1.807) is 0 Å². The molecule has 1 aromatic rings. The molecule has 48 valence electrons. The van der Waals surface area contributed by atoms with Gasteiger partial charge in [-0.05, 0) is 46.9 Å². The van der Waals surface area contributed by atoms with E-state index in [1.807, 2.05) is 24.3 Å². The molecule has 0 aliphatic rings. The second kappa shape index (κ2) is 3.31. The monoisotopic (exact) mass is 252 g/mol. The molecular formula is C6H5IOS. The summed E-state index contributed by atoms with van der Waals surface area (Å²) < 4.78 is 5.86. The van der Waals surface area contributed by atoms with Crippen LogP contribution in [0.1, 0.15) is 0 Å². The van der Waals surface area contributed by atoms with Gasteiger partial charge in [0.2, 0.25) is 0 Å². The minimum absolute atomic E-state index is 0.777. The molecule has 0 bridgehead atoms. The molecule has 1 rings (SSSR count). The standard InChI is InChI=1S/C6H5IOS/c7-5-1-3-6(8-9)4-2-5/h1-4,9H. The van der Waals surface area contributed by atoms with Crippen molar-refractivity contribution in [3.63, 3.8) is 0 Å². The van der Waals surface area contributed by atoms with Gasteiger partial charge in [0.25, 0.3) is 0 Å². The average molecular weight is 252 g/mol. The zero-order chi connectivity index (χ0) is 6.69. The number of benzene rings is 1. The SMILES string of the molecule is SOc1ccc(I)cc1. The van der Waals surface area contributed by atoms with Crippen molar-refractivity contribution in [2.75, 3.05) is 0 Å². The normalized spacial score (nSPS) is 9.11. The number of hydrogen-bond donors (Lipinski definition) is 1. The van der Waals surface area contributed by atoms with Gasteiger partial charge >= 0.3 is 0 Å². The fraction of sp³-hybridized carbons (Fsp3) is 0. The van der Waals surface area contributed by atoms with Gasteiger partial charge in [0.1, 0.15) is 5.75 Å². The van der Waals surface area contributed by atoms with E-state index in [0.717, 1.165) is 5.75 Å². The quantitative estimate of drug-likeness (QED) is 0.459. The van der Waals surface area contributed by atoms with E-state index >= 15 is 0 Å². The topological polar surface area (TPSA) is 9.23 Å². The molecule has 0 aromatic heterocycles. The molecular weight excluding hydrogens is 247 g/mol. The number of rotatable bonds is 1. The Morgan fingerprint density at radius 2 is 1.78 bits per heavy atom. The first-order chi connectivity index (χ1) is 4.33. The highest BCUT2D eigenvalue weighted by Gasteiger charge is 1.87. The van der Waals surface area contributed by atoms with Crippen LogP contribution in [0.15, 0.2) is 24.3 Å². The van der Waals surface area contributed by atoms with E-state index in [1.165, 1.54) is 3.57 Å². The van der Waals surface area contributed by atoms with Gasteiger partial charge in [-0.2, -0.15) is 0 Å². The van der Waals surface area contributed by atoms with Crippen LogP contribution in [0.3, 0.4) is 0 Å². The molecule has 0 heterocycles. The summed E-state index contributed by atoms with van der Waals surface area (Å²) in [5.74, 6) is 0.777. The Morgan fingerprint density at radius 1 is 1.22 bits per heavy atom. The second-order valence-electron chi connectivity index (χ2n) is 1.55. The molecule has 0 amide bonds. The molecule has 0 saturated heterocycles. The Hall–Kier alpha value is 0.1000.